The van der Waals surface area contributed by atoms with Crippen LogP contribution in [0.5, 0.6) is 0 Å². The molecular weight excluding hydrogens is 608 g/mol. The molecule has 2 aliphatic rings. The number of nitrogens with zero attached hydrogens (tertiary/aromatic N) is 3. The molecule has 2 heterocycles. The third-order valence-electron chi connectivity index (χ3n) is 8.65. The van der Waals surface area contributed by atoms with E-state index in [1.807, 2.05) is 31.5 Å². The quantitative estimate of drug-likeness (QED) is 0.0625. The number of hydrazone groups is 1. The number of allylic oxidation sites excluding steroid dienone is 1. The Labute approximate surface area is 272 Å². The van der Waals surface area contributed by atoms with Crippen LogP contribution < -0.4 is 16.1 Å². The van der Waals surface area contributed by atoms with Crippen molar-refractivity contribution in [3.63, 3.8) is 0 Å². The van der Waals surface area contributed by atoms with Crippen LogP contribution in [0.4, 0.5) is 0 Å². The van der Waals surface area contributed by atoms with Crippen molar-refractivity contribution < 1.29 is 27.6 Å². The number of aliphatic hydroxyl groups is 1. The van der Waals surface area contributed by atoms with Gasteiger partial charge in [-0.05, 0) is 54.9 Å². The molecule has 13 heteroatoms. The first-order valence-corrected chi connectivity index (χ1v) is 17.4. The number of carbonyl (C=O) groups excluding carboxylic acids is 1. The van der Waals surface area contributed by atoms with Gasteiger partial charge in [0, 0.05) is 38.5 Å². The summed E-state index contributed by atoms with van der Waals surface area (Å²) in [4.78, 5) is 12.6. The highest BCUT2D eigenvalue weighted by Gasteiger charge is 2.33. The van der Waals surface area contributed by atoms with Crippen molar-refractivity contribution in [2.24, 2.45) is 29.4 Å². The van der Waals surface area contributed by atoms with Crippen molar-refractivity contribution in [2.75, 3.05) is 19.7 Å². The van der Waals surface area contributed by atoms with Crippen molar-refractivity contribution >= 4 is 22.2 Å². The Hall–Kier alpha value is -3.52. The van der Waals surface area contributed by atoms with Crippen LogP contribution in [0.3, 0.4) is 0 Å². The number of nitrogens with one attached hydrogen (secondary N) is 3. The van der Waals surface area contributed by atoms with Gasteiger partial charge in [-0.15, -0.1) is 0 Å². The molecule has 1 amide bonds. The number of hydrogen-bond acceptors (Lipinski definition) is 9. The van der Waals surface area contributed by atoms with Gasteiger partial charge in [-0.2, -0.15) is 18.6 Å². The van der Waals surface area contributed by atoms with Crippen molar-refractivity contribution in [3.05, 3.63) is 71.8 Å². The van der Waals surface area contributed by atoms with Crippen LogP contribution in [-0.2, 0) is 26.7 Å². The molecule has 0 saturated carbocycles. The lowest BCUT2D eigenvalue weighted by molar-refractivity contribution is -0.124. The summed E-state index contributed by atoms with van der Waals surface area (Å²) in [6.07, 6.45) is 12.9. The zero-order chi connectivity index (χ0) is 33.3. The highest BCUT2D eigenvalue weighted by atomic mass is 32.2. The maximum Gasteiger partial charge on any atom is 0.295 e. The molecule has 1 aliphatic heterocycles. The third-order valence-corrected chi connectivity index (χ3v) is 9.58. The molecule has 0 radical (unpaired) electrons. The highest BCUT2D eigenvalue weighted by Crippen LogP contribution is 2.37. The number of unbranched alkanes of at least 4 members (excludes halogenated alkanes) is 1. The lowest BCUT2D eigenvalue weighted by atomic mass is 9.80. The summed E-state index contributed by atoms with van der Waals surface area (Å²) in [6, 6.07) is 7.97. The summed E-state index contributed by atoms with van der Waals surface area (Å²) in [5, 5.41) is 25.5. The summed E-state index contributed by atoms with van der Waals surface area (Å²) < 4.78 is 40.4. The summed E-state index contributed by atoms with van der Waals surface area (Å²) in [6.45, 7) is 8.05. The lowest BCUT2D eigenvalue weighted by Gasteiger charge is -2.32. The summed E-state index contributed by atoms with van der Waals surface area (Å²) >= 11 is 0. The zero-order valence-corrected chi connectivity index (χ0v) is 27.9. The van der Waals surface area contributed by atoms with Gasteiger partial charge in [0.1, 0.15) is 11.1 Å². The van der Waals surface area contributed by atoms with Crippen LogP contribution in [-0.4, -0.2) is 71.9 Å². The molecule has 4 rings (SSSR count). The molecule has 1 aromatic heterocycles. The topological polar surface area (TPSA) is 167 Å². The molecule has 1 aliphatic carbocycles. The smallest absolute Gasteiger partial charge is 0.295 e. The van der Waals surface area contributed by atoms with E-state index in [2.05, 4.69) is 47.0 Å². The minimum Gasteiger partial charge on any atom is -0.512 e. The van der Waals surface area contributed by atoms with Crippen molar-refractivity contribution in [1.82, 2.24) is 25.8 Å². The fourth-order valence-corrected chi connectivity index (χ4v) is 6.51. The molecule has 1 aromatic carbocycles. The van der Waals surface area contributed by atoms with Crippen LogP contribution in [0.1, 0.15) is 70.1 Å². The van der Waals surface area contributed by atoms with Crippen LogP contribution >= 0.6 is 0 Å². The van der Waals surface area contributed by atoms with E-state index in [1.165, 1.54) is 24.4 Å². The Kier molecular flexibility index (Phi) is 12.2. The van der Waals surface area contributed by atoms with Gasteiger partial charge >= 0.3 is 0 Å². The van der Waals surface area contributed by atoms with E-state index >= 15 is 0 Å². The van der Waals surface area contributed by atoms with Gasteiger partial charge in [0.25, 0.3) is 10.1 Å². The number of aryl methyl sites for hydroxylation is 1. The number of hydrogen-bond donors (Lipinski definition) is 5. The molecule has 2 aromatic rings. The predicted octanol–water partition coefficient (Wildman–Crippen LogP) is 4.05. The number of carbonyl (C=O) groups is 1. The largest absolute Gasteiger partial charge is 0.512 e. The minimum absolute atomic E-state index is 0.0531. The second-order valence-corrected chi connectivity index (χ2v) is 14.3. The first-order chi connectivity index (χ1) is 21.9. The normalized spacial score (nSPS) is 23.8. The first kappa shape index (κ1) is 35.3. The van der Waals surface area contributed by atoms with Gasteiger partial charge in [-0.1, -0.05) is 57.9 Å². The van der Waals surface area contributed by atoms with Crippen LogP contribution in [0.2, 0.25) is 0 Å². The Morgan fingerprint density at radius 1 is 1.24 bits per heavy atom. The Morgan fingerprint density at radius 3 is 2.70 bits per heavy atom. The minimum atomic E-state index is -4.36. The van der Waals surface area contributed by atoms with E-state index in [4.69, 9.17) is 4.74 Å². The molecule has 46 heavy (non-hydrogen) atoms. The van der Waals surface area contributed by atoms with Gasteiger partial charge in [0.15, 0.2) is 0 Å². The molecule has 252 valence electrons. The zero-order valence-electron chi connectivity index (χ0n) is 27.1. The number of amides is 1. The Morgan fingerprint density at radius 2 is 2.02 bits per heavy atom. The molecule has 0 fully saturated rings. The van der Waals surface area contributed by atoms with E-state index < -0.39 is 10.1 Å². The fourth-order valence-electron chi connectivity index (χ4n) is 5.84. The average Bonchev–Trinajstić information content (AvgIpc) is 3.45. The first-order valence-electron chi connectivity index (χ1n) is 15.9. The molecule has 0 spiro atoms. The standard InChI is InChI=1S/C33H48N6O6S/c1-5-23-18-26(27-14-16-39(4)38-27)28(40)19-29(23)45-17-9-8-15-33(2,3)22-35-32(41)25-12-13-31(34-20-25)37-36-21-24-10-6-7-11-30(24)46(42,43)44/h6-7,10-14,16,19,21,23,25-26,29,31,34,37,40H,5,8-9,15,17-18,20,22H2,1-4H3,(H,35,41)(H,42,43,44)/b36-21+. The summed E-state index contributed by atoms with van der Waals surface area (Å²) in [7, 11) is -2.48. The van der Waals surface area contributed by atoms with Crippen molar-refractivity contribution in [1.29, 1.82) is 0 Å². The number of benzene rings is 1. The van der Waals surface area contributed by atoms with E-state index in [0.29, 0.717) is 31.4 Å². The van der Waals surface area contributed by atoms with E-state index in [-0.39, 0.29) is 45.9 Å². The number of ether oxygens (including phenoxy) is 1. The molecule has 5 unspecified atom stereocenters. The average molecular weight is 657 g/mol. The highest BCUT2D eigenvalue weighted by molar-refractivity contribution is 7.86. The van der Waals surface area contributed by atoms with E-state index in [9.17, 15) is 22.9 Å². The summed E-state index contributed by atoms with van der Waals surface area (Å²) in [5.74, 6) is 0.212. The van der Waals surface area contributed by atoms with Crippen LogP contribution in [0.15, 0.2) is 70.5 Å². The third kappa shape index (κ3) is 9.99. The van der Waals surface area contributed by atoms with E-state index in [0.717, 1.165) is 37.8 Å². The monoisotopic (exact) mass is 656 g/mol. The van der Waals surface area contributed by atoms with Gasteiger partial charge in [-0.3, -0.25) is 24.8 Å². The number of rotatable bonds is 15. The van der Waals surface area contributed by atoms with Gasteiger partial charge < -0.3 is 15.2 Å². The lowest BCUT2D eigenvalue weighted by Crippen LogP contribution is -2.47. The summed E-state index contributed by atoms with van der Waals surface area (Å²) in [5.41, 5.74) is 3.94. The Bertz CT molecular complexity index is 1520. The second-order valence-electron chi connectivity index (χ2n) is 12.9. The molecular formula is C33H48N6O6S. The maximum absolute atomic E-state index is 12.8. The van der Waals surface area contributed by atoms with Crippen molar-refractivity contribution in [2.45, 2.75) is 76.0 Å². The fraction of sp³-hybridized carbons (Fsp3) is 0.545. The van der Waals surface area contributed by atoms with E-state index in [1.54, 1.807) is 16.8 Å². The molecule has 12 nitrogen and oxygen atoms in total. The number of aromatic nitrogens is 2. The SMILES string of the molecule is CCC1CC(c2ccn(C)n2)C(O)=CC1OCCCCC(C)(C)CNC(=O)C1C=CC(N/N=C/c2ccccc2S(=O)(=O)O)NC1. The molecule has 5 N–H and O–H groups in total. The van der Waals surface area contributed by atoms with Crippen molar-refractivity contribution in [3.8, 4) is 0 Å². The maximum atomic E-state index is 12.8. The van der Waals surface area contributed by atoms with Gasteiger partial charge in [0.2, 0.25) is 5.91 Å². The van der Waals surface area contributed by atoms with Gasteiger partial charge in [0.05, 0.1) is 35.6 Å². The van der Waals surface area contributed by atoms with Gasteiger partial charge in [-0.25, -0.2) is 0 Å². The molecule has 0 saturated heterocycles. The molecule has 0 bridgehead atoms. The predicted molar refractivity (Wildman–Crippen MR) is 177 cm³/mol. The van der Waals surface area contributed by atoms with Crippen LogP contribution in [0.25, 0.3) is 0 Å². The molecule has 5 atom stereocenters. The second kappa shape index (κ2) is 15.9. The number of aliphatic hydroxyl groups excluding tert-OH is 1. The van der Waals surface area contributed by atoms with Crippen LogP contribution in [0, 0.1) is 17.3 Å². The Balaban J connectivity index is 1.14.